The fourth-order valence-electron chi connectivity index (χ4n) is 2.59. The first-order chi connectivity index (χ1) is 10.1. The van der Waals surface area contributed by atoms with Crippen LogP contribution in [0, 0.1) is 0 Å². The van der Waals surface area contributed by atoms with Crippen molar-refractivity contribution in [2.45, 2.75) is 64.0 Å². The molecule has 0 aliphatic heterocycles. The predicted molar refractivity (Wildman–Crippen MR) is 81.6 cm³/mol. The maximum absolute atomic E-state index is 12.2. The number of fused-ring (bicyclic) bond motifs is 1. The first-order valence-corrected chi connectivity index (χ1v) is 8.58. The van der Waals surface area contributed by atoms with E-state index in [1.54, 1.807) is 6.92 Å². The summed E-state index contributed by atoms with van der Waals surface area (Å²) in [7, 11) is 0. The molecule has 1 amide bonds. The van der Waals surface area contributed by atoms with Gasteiger partial charge in [-0.25, -0.2) is 4.79 Å². The topological polar surface area (TPSA) is 55.4 Å². The summed E-state index contributed by atoms with van der Waals surface area (Å²) in [6.45, 7) is 1.63. The first-order valence-electron chi connectivity index (χ1n) is 7.76. The van der Waals surface area contributed by atoms with Gasteiger partial charge in [0, 0.05) is 10.9 Å². The predicted octanol–water partition coefficient (Wildman–Crippen LogP) is 2.84. The van der Waals surface area contributed by atoms with Crippen molar-refractivity contribution in [3.05, 3.63) is 21.4 Å². The van der Waals surface area contributed by atoms with Gasteiger partial charge < -0.3 is 10.1 Å². The van der Waals surface area contributed by atoms with Crippen LogP contribution >= 0.6 is 11.3 Å². The van der Waals surface area contributed by atoms with Crippen LogP contribution in [0.4, 0.5) is 0 Å². The molecule has 3 rings (SSSR count). The first kappa shape index (κ1) is 14.6. The van der Waals surface area contributed by atoms with E-state index in [1.807, 2.05) is 6.07 Å². The summed E-state index contributed by atoms with van der Waals surface area (Å²) in [5.74, 6) is -0.560. The summed E-state index contributed by atoms with van der Waals surface area (Å²) >= 11 is 1.53. The normalized spacial score (nSPS) is 19.3. The van der Waals surface area contributed by atoms with Crippen LogP contribution < -0.4 is 5.32 Å². The van der Waals surface area contributed by atoms with Gasteiger partial charge in [-0.15, -0.1) is 11.3 Å². The van der Waals surface area contributed by atoms with E-state index in [4.69, 9.17) is 4.74 Å². The van der Waals surface area contributed by atoms with Crippen molar-refractivity contribution in [3.8, 4) is 0 Å². The summed E-state index contributed by atoms with van der Waals surface area (Å²) in [5, 5.41) is 2.85. The number of hydrogen-bond donors (Lipinski definition) is 1. The molecule has 0 aromatic carbocycles. The van der Waals surface area contributed by atoms with Crippen molar-refractivity contribution in [3.63, 3.8) is 0 Å². The van der Waals surface area contributed by atoms with E-state index in [0.29, 0.717) is 4.88 Å². The van der Waals surface area contributed by atoms with Crippen LogP contribution in [0.5, 0.6) is 0 Å². The number of amides is 1. The van der Waals surface area contributed by atoms with Gasteiger partial charge in [0.15, 0.2) is 6.10 Å². The number of rotatable bonds is 4. The average molecular weight is 307 g/mol. The molecule has 1 fully saturated rings. The van der Waals surface area contributed by atoms with Crippen LogP contribution in [0.2, 0.25) is 0 Å². The van der Waals surface area contributed by atoms with Crippen LogP contribution in [0.3, 0.4) is 0 Å². The smallest absolute Gasteiger partial charge is 0.349 e. The largest absolute Gasteiger partial charge is 0.448 e. The van der Waals surface area contributed by atoms with Crippen molar-refractivity contribution >= 4 is 23.2 Å². The van der Waals surface area contributed by atoms with Crippen molar-refractivity contribution in [2.24, 2.45) is 0 Å². The second kappa shape index (κ2) is 6.18. The van der Waals surface area contributed by atoms with Crippen LogP contribution in [0.1, 0.15) is 59.1 Å². The number of nitrogens with one attached hydrogen (secondary N) is 1. The minimum Gasteiger partial charge on any atom is -0.448 e. The molecule has 21 heavy (non-hydrogen) atoms. The van der Waals surface area contributed by atoms with E-state index >= 15 is 0 Å². The van der Waals surface area contributed by atoms with Crippen LogP contribution in [-0.4, -0.2) is 24.0 Å². The Morgan fingerprint density at radius 1 is 1.29 bits per heavy atom. The van der Waals surface area contributed by atoms with E-state index in [0.717, 1.165) is 25.7 Å². The monoisotopic (exact) mass is 307 g/mol. The van der Waals surface area contributed by atoms with Gasteiger partial charge in [-0.2, -0.15) is 0 Å². The maximum Gasteiger partial charge on any atom is 0.349 e. The minimum atomic E-state index is -0.722. The van der Waals surface area contributed by atoms with Crippen molar-refractivity contribution in [1.29, 1.82) is 0 Å². The molecule has 5 heteroatoms. The van der Waals surface area contributed by atoms with Crippen LogP contribution in [-0.2, 0) is 22.4 Å². The van der Waals surface area contributed by atoms with Gasteiger partial charge in [-0.3, -0.25) is 4.79 Å². The van der Waals surface area contributed by atoms with Gasteiger partial charge in [0.25, 0.3) is 5.91 Å². The number of esters is 1. The molecule has 1 atom stereocenters. The van der Waals surface area contributed by atoms with E-state index < -0.39 is 6.10 Å². The molecule has 1 saturated carbocycles. The lowest BCUT2D eigenvalue weighted by molar-refractivity contribution is -0.129. The Bertz CT molecular complexity index is 524. The zero-order valence-electron chi connectivity index (χ0n) is 12.3. The highest BCUT2D eigenvalue weighted by molar-refractivity contribution is 7.14. The molecule has 1 aromatic heterocycles. The van der Waals surface area contributed by atoms with Crippen molar-refractivity contribution in [2.75, 3.05) is 0 Å². The number of hydrogen-bond acceptors (Lipinski definition) is 4. The lowest BCUT2D eigenvalue weighted by Gasteiger charge is -2.12. The van der Waals surface area contributed by atoms with Gasteiger partial charge in [0.2, 0.25) is 0 Å². The van der Waals surface area contributed by atoms with Gasteiger partial charge in [0.05, 0.1) is 0 Å². The number of thiophene rings is 1. The van der Waals surface area contributed by atoms with Crippen molar-refractivity contribution < 1.29 is 14.3 Å². The Balaban J connectivity index is 1.60. The SMILES string of the molecule is C[C@H](OC(=O)c1cc2c(s1)CCCCC2)C(=O)NC1CC1. The number of ether oxygens (including phenoxy) is 1. The fraction of sp³-hybridized carbons (Fsp3) is 0.625. The molecule has 0 radical (unpaired) electrons. The average Bonchev–Trinajstić information content (AvgIpc) is 3.22. The summed E-state index contributed by atoms with van der Waals surface area (Å²) in [6, 6.07) is 2.25. The molecule has 2 aliphatic rings. The Kier molecular flexibility index (Phi) is 4.29. The van der Waals surface area contributed by atoms with E-state index in [2.05, 4.69) is 5.32 Å². The Labute approximate surface area is 128 Å². The van der Waals surface area contributed by atoms with E-state index in [-0.39, 0.29) is 17.9 Å². The second-order valence-electron chi connectivity index (χ2n) is 5.95. The molecule has 1 aromatic rings. The minimum absolute atomic E-state index is 0.191. The molecule has 0 saturated heterocycles. The summed E-state index contributed by atoms with van der Waals surface area (Å²) in [4.78, 5) is 25.9. The molecule has 0 unspecified atom stereocenters. The van der Waals surface area contributed by atoms with Gasteiger partial charge in [-0.1, -0.05) is 6.42 Å². The quantitative estimate of drug-likeness (QED) is 0.687. The standard InChI is InChI=1S/C16H21NO3S/c1-10(15(18)17-12-7-8-12)20-16(19)14-9-11-5-3-2-4-6-13(11)21-14/h9-10,12H,2-8H2,1H3,(H,17,18)/t10-/m0/s1. The van der Waals surface area contributed by atoms with Gasteiger partial charge >= 0.3 is 5.97 Å². The summed E-state index contributed by atoms with van der Waals surface area (Å²) in [6.07, 6.45) is 7.11. The molecule has 0 spiro atoms. The highest BCUT2D eigenvalue weighted by atomic mass is 32.1. The highest BCUT2D eigenvalue weighted by Gasteiger charge is 2.28. The molecule has 1 N–H and O–H groups in total. The third-order valence-electron chi connectivity index (χ3n) is 4.02. The Morgan fingerprint density at radius 3 is 2.81 bits per heavy atom. The number of carbonyl (C=O) groups is 2. The molecule has 1 heterocycles. The molecule has 2 aliphatic carbocycles. The van der Waals surface area contributed by atoms with Crippen molar-refractivity contribution in [1.82, 2.24) is 5.32 Å². The van der Waals surface area contributed by atoms with Gasteiger partial charge in [0.1, 0.15) is 4.88 Å². The maximum atomic E-state index is 12.2. The molecular weight excluding hydrogens is 286 g/mol. The Hall–Kier alpha value is -1.36. The second-order valence-corrected chi connectivity index (χ2v) is 7.09. The summed E-state index contributed by atoms with van der Waals surface area (Å²) < 4.78 is 5.30. The zero-order valence-corrected chi connectivity index (χ0v) is 13.1. The number of aryl methyl sites for hydroxylation is 2. The van der Waals surface area contributed by atoms with E-state index in [9.17, 15) is 9.59 Å². The third kappa shape index (κ3) is 3.64. The lowest BCUT2D eigenvalue weighted by atomic mass is 10.1. The van der Waals surface area contributed by atoms with Crippen LogP contribution in [0.25, 0.3) is 0 Å². The number of carbonyl (C=O) groups excluding carboxylic acids is 2. The zero-order chi connectivity index (χ0) is 14.8. The van der Waals surface area contributed by atoms with Gasteiger partial charge in [-0.05, 0) is 57.1 Å². The lowest BCUT2D eigenvalue weighted by Crippen LogP contribution is -2.36. The fourth-order valence-corrected chi connectivity index (χ4v) is 3.72. The van der Waals surface area contributed by atoms with Crippen LogP contribution in [0.15, 0.2) is 6.07 Å². The molecule has 0 bridgehead atoms. The molecule has 4 nitrogen and oxygen atoms in total. The molecule has 114 valence electrons. The highest BCUT2D eigenvalue weighted by Crippen LogP contribution is 2.29. The Morgan fingerprint density at radius 2 is 2.05 bits per heavy atom. The summed E-state index contributed by atoms with van der Waals surface area (Å²) in [5.41, 5.74) is 1.29. The molecular formula is C16H21NO3S. The van der Waals surface area contributed by atoms with E-state index in [1.165, 1.54) is 41.0 Å². The third-order valence-corrected chi connectivity index (χ3v) is 5.24.